The number of aromatic nitrogens is 1. The Morgan fingerprint density at radius 1 is 1.65 bits per heavy atom. The highest BCUT2D eigenvalue weighted by atomic mass is 32.1. The smallest absolute Gasteiger partial charge is 0.325 e. The zero-order valence-electron chi connectivity index (χ0n) is 9.84. The molecule has 0 unspecified atom stereocenters. The molecular weight excluding hydrogens is 238 g/mol. The Kier molecular flexibility index (Phi) is 4.84. The van der Waals surface area contributed by atoms with Gasteiger partial charge in [0.2, 0.25) is 0 Å². The average Bonchev–Trinajstić information content (AvgIpc) is 2.29. The van der Waals surface area contributed by atoms with Crippen LogP contribution in [0.15, 0.2) is 18.3 Å². The molecule has 5 nitrogen and oxygen atoms in total. The monoisotopic (exact) mass is 253 g/mol. The first-order valence-corrected chi connectivity index (χ1v) is 5.58. The molecule has 6 heteroatoms. The molecule has 1 heterocycles. The van der Waals surface area contributed by atoms with Gasteiger partial charge in [0, 0.05) is 13.2 Å². The first kappa shape index (κ1) is 13.4. The van der Waals surface area contributed by atoms with Crippen molar-refractivity contribution in [3.8, 4) is 0 Å². The molecular formula is C11H15N3O2S. The van der Waals surface area contributed by atoms with Crippen molar-refractivity contribution in [1.29, 1.82) is 0 Å². The van der Waals surface area contributed by atoms with Crippen molar-refractivity contribution in [2.75, 3.05) is 25.1 Å². The van der Waals surface area contributed by atoms with Gasteiger partial charge in [-0.15, -0.1) is 0 Å². The van der Waals surface area contributed by atoms with E-state index in [1.807, 2.05) is 0 Å². The number of hydrogen-bond donors (Lipinski definition) is 1. The van der Waals surface area contributed by atoms with Crippen molar-refractivity contribution in [2.45, 2.75) is 6.92 Å². The van der Waals surface area contributed by atoms with Crippen LogP contribution in [0, 0.1) is 0 Å². The molecule has 0 aromatic carbocycles. The quantitative estimate of drug-likeness (QED) is 0.616. The second-order valence-corrected chi connectivity index (χ2v) is 3.84. The number of hydrogen-bond acceptors (Lipinski definition) is 5. The fraction of sp³-hybridized carbons (Fsp3) is 0.364. The van der Waals surface area contributed by atoms with Gasteiger partial charge in [-0.2, -0.15) is 0 Å². The van der Waals surface area contributed by atoms with Gasteiger partial charge in [-0.05, 0) is 19.1 Å². The van der Waals surface area contributed by atoms with Crippen LogP contribution in [0.5, 0.6) is 0 Å². The van der Waals surface area contributed by atoms with E-state index in [0.717, 1.165) is 0 Å². The van der Waals surface area contributed by atoms with Crippen LogP contribution in [0.3, 0.4) is 0 Å². The predicted octanol–water partition coefficient (Wildman–Crippen LogP) is 0.715. The number of nitrogens with zero attached hydrogens (tertiary/aromatic N) is 2. The fourth-order valence-corrected chi connectivity index (χ4v) is 1.54. The van der Waals surface area contributed by atoms with Crippen LogP contribution >= 0.6 is 12.2 Å². The summed E-state index contributed by atoms with van der Waals surface area (Å²) in [7, 11) is 1.76. The largest absolute Gasteiger partial charge is 0.465 e. The molecule has 92 valence electrons. The number of nitrogens with two attached hydrogens (primary N) is 1. The third-order valence-corrected chi connectivity index (χ3v) is 2.30. The van der Waals surface area contributed by atoms with Gasteiger partial charge in [-0.1, -0.05) is 12.2 Å². The average molecular weight is 253 g/mol. The summed E-state index contributed by atoms with van der Waals surface area (Å²) in [6.45, 7) is 2.26. The van der Waals surface area contributed by atoms with Gasteiger partial charge in [0.05, 0.1) is 12.3 Å². The lowest BCUT2D eigenvalue weighted by molar-refractivity contribution is -0.141. The molecule has 0 aliphatic heterocycles. The van der Waals surface area contributed by atoms with E-state index in [-0.39, 0.29) is 17.5 Å². The van der Waals surface area contributed by atoms with Gasteiger partial charge >= 0.3 is 5.97 Å². The number of ether oxygens (including phenoxy) is 1. The molecule has 2 N–H and O–H groups in total. The Hall–Kier alpha value is -1.69. The van der Waals surface area contributed by atoms with E-state index in [4.69, 9.17) is 22.7 Å². The van der Waals surface area contributed by atoms with Crippen molar-refractivity contribution in [2.24, 2.45) is 5.73 Å². The molecule has 0 aliphatic carbocycles. The van der Waals surface area contributed by atoms with Crippen molar-refractivity contribution in [1.82, 2.24) is 4.98 Å². The standard InChI is InChI=1S/C11H15N3O2S/c1-3-16-9(15)7-14(2)8-5-4-6-13-10(8)11(12)17/h4-6H,3,7H2,1-2H3,(H2,12,17). The number of anilines is 1. The van der Waals surface area contributed by atoms with E-state index in [9.17, 15) is 4.79 Å². The number of likely N-dealkylation sites (N-methyl/N-ethyl adjacent to an activating group) is 1. The highest BCUT2D eigenvalue weighted by molar-refractivity contribution is 7.80. The minimum Gasteiger partial charge on any atom is -0.465 e. The first-order chi connectivity index (χ1) is 8.06. The van der Waals surface area contributed by atoms with Crippen molar-refractivity contribution in [3.05, 3.63) is 24.0 Å². The summed E-state index contributed by atoms with van der Waals surface area (Å²) in [5, 5.41) is 0. The SMILES string of the molecule is CCOC(=O)CN(C)c1cccnc1C(N)=S. The summed E-state index contributed by atoms with van der Waals surface area (Å²) in [5.41, 5.74) is 6.79. The summed E-state index contributed by atoms with van der Waals surface area (Å²) in [5.74, 6) is -0.298. The summed E-state index contributed by atoms with van der Waals surface area (Å²) in [6, 6.07) is 3.57. The second kappa shape index (κ2) is 6.15. The highest BCUT2D eigenvalue weighted by Gasteiger charge is 2.13. The molecule has 0 radical (unpaired) electrons. The third-order valence-electron chi connectivity index (χ3n) is 2.10. The molecule has 17 heavy (non-hydrogen) atoms. The molecule has 0 fully saturated rings. The lowest BCUT2D eigenvalue weighted by atomic mass is 10.2. The normalized spacial score (nSPS) is 9.76. The molecule has 0 saturated heterocycles. The van der Waals surface area contributed by atoms with Gasteiger partial charge in [0.25, 0.3) is 0 Å². The lowest BCUT2D eigenvalue weighted by Crippen LogP contribution is -2.29. The minimum atomic E-state index is -0.298. The van der Waals surface area contributed by atoms with Gasteiger partial charge in [-0.3, -0.25) is 9.78 Å². The van der Waals surface area contributed by atoms with E-state index in [1.165, 1.54) is 0 Å². The van der Waals surface area contributed by atoms with Crippen LogP contribution in [-0.2, 0) is 9.53 Å². The predicted molar refractivity (Wildman–Crippen MR) is 70.0 cm³/mol. The van der Waals surface area contributed by atoms with Crippen LogP contribution in [0.2, 0.25) is 0 Å². The van der Waals surface area contributed by atoms with E-state index in [1.54, 1.807) is 37.2 Å². The Labute approximate surface area is 106 Å². The van der Waals surface area contributed by atoms with Crippen molar-refractivity contribution in [3.63, 3.8) is 0 Å². The number of carbonyl (C=O) groups excluding carboxylic acids is 1. The Bertz CT molecular complexity index is 423. The number of esters is 1. The third kappa shape index (κ3) is 3.67. The maximum Gasteiger partial charge on any atom is 0.325 e. The maximum atomic E-state index is 11.4. The van der Waals surface area contributed by atoms with Crippen molar-refractivity contribution < 1.29 is 9.53 Å². The maximum absolute atomic E-state index is 11.4. The summed E-state index contributed by atoms with van der Waals surface area (Å²) in [4.78, 5) is 17.4. The zero-order chi connectivity index (χ0) is 12.8. The van der Waals surface area contributed by atoms with Crippen molar-refractivity contribution >= 4 is 28.9 Å². The van der Waals surface area contributed by atoms with Gasteiger partial charge in [-0.25, -0.2) is 0 Å². The van der Waals surface area contributed by atoms with E-state index in [0.29, 0.717) is 18.0 Å². The second-order valence-electron chi connectivity index (χ2n) is 3.40. The van der Waals surface area contributed by atoms with E-state index >= 15 is 0 Å². The molecule has 0 spiro atoms. The highest BCUT2D eigenvalue weighted by Crippen LogP contribution is 2.16. The Balaban J connectivity index is 2.85. The first-order valence-electron chi connectivity index (χ1n) is 5.17. The molecule has 0 atom stereocenters. The summed E-state index contributed by atoms with van der Waals surface area (Å²) < 4.78 is 4.87. The Morgan fingerprint density at radius 2 is 2.35 bits per heavy atom. The zero-order valence-corrected chi connectivity index (χ0v) is 10.7. The van der Waals surface area contributed by atoms with Gasteiger partial charge in [0.1, 0.15) is 17.2 Å². The number of thiocarbonyl (C=S) groups is 1. The number of pyridine rings is 1. The Morgan fingerprint density at radius 3 is 2.94 bits per heavy atom. The minimum absolute atomic E-state index is 0.134. The number of rotatable bonds is 5. The summed E-state index contributed by atoms with van der Waals surface area (Å²) >= 11 is 4.91. The fourth-order valence-electron chi connectivity index (χ4n) is 1.38. The van der Waals surface area contributed by atoms with Crippen LogP contribution in [-0.4, -0.2) is 36.1 Å². The molecule has 1 aromatic heterocycles. The van der Waals surface area contributed by atoms with Gasteiger partial charge in [0.15, 0.2) is 0 Å². The number of carbonyl (C=O) groups is 1. The summed E-state index contributed by atoms with van der Waals surface area (Å²) in [6.07, 6.45) is 1.61. The lowest BCUT2D eigenvalue weighted by Gasteiger charge is -2.20. The molecule has 1 rings (SSSR count). The van der Waals surface area contributed by atoms with Gasteiger partial charge < -0.3 is 15.4 Å². The molecule has 0 aliphatic rings. The molecule has 1 aromatic rings. The van der Waals surface area contributed by atoms with Crippen LogP contribution in [0.1, 0.15) is 12.6 Å². The molecule has 0 amide bonds. The topological polar surface area (TPSA) is 68.5 Å². The van der Waals surface area contributed by atoms with Crippen LogP contribution in [0.25, 0.3) is 0 Å². The van der Waals surface area contributed by atoms with Crippen LogP contribution in [0.4, 0.5) is 5.69 Å². The van der Waals surface area contributed by atoms with Crippen LogP contribution < -0.4 is 10.6 Å². The molecule has 0 bridgehead atoms. The van der Waals surface area contributed by atoms with E-state index in [2.05, 4.69) is 4.98 Å². The van der Waals surface area contributed by atoms with E-state index < -0.39 is 0 Å². The molecule has 0 saturated carbocycles.